The number of nitrogens with one attached hydrogen (secondary N) is 1. The van der Waals surface area contributed by atoms with Crippen molar-refractivity contribution in [1.82, 2.24) is 9.88 Å². The first-order chi connectivity index (χ1) is 9.29. The van der Waals surface area contributed by atoms with E-state index in [1.54, 1.807) is 11.3 Å². The average Bonchev–Trinajstić information content (AvgIpc) is 3.11. The molecule has 4 heteroatoms. The number of anilines is 2. The fraction of sp³-hybridized carbons (Fsp3) is 0.400. The number of nitrogens with zero attached hydrogens (tertiary/aromatic N) is 2. The third-order valence-corrected chi connectivity index (χ3v) is 4.08. The molecule has 3 nitrogen and oxygen atoms in total. The molecular weight excluding hydrogens is 254 g/mol. The molecule has 1 heterocycles. The van der Waals surface area contributed by atoms with Crippen LogP contribution in [0.2, 0.25) is 0 Å². The molecule has 1 aromatic heterocycles. The van der Waals surface area contributed by atoms with Crippen LogP contribution in [0.5, 0.6) is 0 Å². The van der Waals surface area contributed by atoms with Crippen LogP contribution in [0.4, 0.5) is 10.8 Å². The zero-order valence-electron chi connectivity index (χ0n) is 11.2. The molecular formula is C15H19N3S. The molecule has 0 saturated heterocycles. The zero-order chi connectivity index (χ0) is 13.1. The van der Waals surface area contributed by atoms with Crippen LogP contribution in [-0.2, 0) is 6.54 Å². The molecule has 0 bridgehead atoms. The van der Waals surface area contributed by atoms with Crippen molar-refractivity contribution in [1.29, 1.82) is 0 Å². The van der Waals surface area contributed by atoms with Gasteiger partial charge in [0.1, 0.15) is 0 Å². The molecule has 0 aliphatic heterocycles. The van der Waals surface area contributed by atoms with E-state index < -0.39 is 0 Å². The molecule has 0 amide bonds. The molecule has 1 aliphatic rings. The summed E-state index contributed by atoms with van der Waals surface area (Å²) in [4.78, 5) is 7.01. The number of benzene rings is 1. The van der Waals surface area contributed by atoms with E-state index in [0.29, 0.717) is 0 Å². The quantitative estimate of drug-likeness (QED) is 0.869. The molecule has 0 unspecified atom stereocenters. The molecule has 0 radical (unpaired) electrons. The Balaban J connectivity index is 1.56. The Bertz CT molecular complexity index is 519. The molecule has 3 rings (SSSR count). The molecule has 100 valence electrons. The van der Waals surface area contributed by atoms with E-state index in [1.807, 2.05) is 18.2 Å². The second-order valence-electron chi connectivity index (χ2n) is 5.28. The van der Waals surface area contributed by atoms with Crippen LogP contribution in [0.15, 0.2) is 35.7 Å². The van der Waals surface area contributed by atoms with Gasteiger partial charge in [-0.15, -0.1) is 11.3 Å². The molecule has 1 saturated carbocycles. The molecule has 1 aliphatic carbocycles. The highest BCUT2D eigenvalue weighted by Crippen LogP contribution is 2.30. The normalized spacial score (nSPS) is 14.8. The Labute approximate surface area is 118 Å². The molecule has 2 aromatic rings. The van der Waals surface area contributed by atoms with Gasteiger partial charge in [-0.3, -0.25) is 0 Å². The van der Waals surface area contributed by atoms with E-state index in [4.69, 9.17) is 0 Å². The van der Waals surface area contributed by atoms with Gasteiger partial charge in [0.15, 0.2) is 5.13 Å². The van der Waals surface area contributed by atoms with Crippen molar-refractivity contribution in [2.75, 3.05) is 18.9 Å². The van der Waals surface area contributed by atoms with Crippen molar-refractivity contribution in [3.8, 4) is 0 Å². The van der Waals surface area contributed by atoms with Gasteiger partial charge in [0.25, 0.3) is 0 Å². The van der Waals surface area contributed by atoms with E-state index in [9.17, 15) is 0 Å². The van der Waals surface area contributed by atoms with Crippen LogP contribution < -0.4 is 5.32 Å². The minimum atomic E-state index is 0.936. The maximum Gasteiger partial charge on any atom is 0.187 e. The Kier molecular flexibility index (Phi) is 3.80. The lowest BCUT2D eigenvalue weighted by Crippen LogP contribution is -2.20. The van der Waals surface area contributed by atoms with Gasteiger partial charge in [-0.2, -0.15) is 0 Å². The lowest BCUT2D eigenvalue weighted by molar-refractivity contribution is 0.310. The van der Waals surface area contributed by atoms with Crippen molar-refractivity contribution in [3.63, 3.8) is 0 Å². The summed E-state index contributed by atoms with van der Waals surface area (Å²) < 4.78 is 0. The molecule has 1 fully saturated rings. The highest BCUT2D eigenvalue weighted by molar-refractivity contribution is 7.13. The first kappa shape index (κ1) is 12.6. The lowest BCUT2D eigenvalue weighted by atomic mass is 10.3. The maximum atomic E-state index is 4.64. The van der Waals surface area contributed by atoms with Gasteiger partial charge in [0.2, 0.25) is 0 Å². The first-order valence-electron chi connectivity index (χ1n) is 6.74. The Morgan fingerprint density at radius 1 is 1.32 bits per heavy atom. The highest BCUT2D eigenvalue weighted by atomic mass is 32.1. The minimum absolute atomic E-state index is 0.936. The predicted octanol–water partition coefficient (Wildman–Crippen LogP) is 3.73. The Hall–Kier alpha value is -1.39. The van der Waals surface area contributed by atoms with Crippen LogP contribution in [0, 0.1) is 5.92 Å². The monoisotopic (exact) mass is 273 g/mol. The topological polar surface area (TPSA) is 28.2 Å². The summed E-state index contributed by atoms with van der Waals surface area (Å²) in [5, 5.41) is 6.46. The van der Waals surface area contributed by atoms with Gasteiger partial charge in [-0.05, 0) is 37.9 Å². The van der Waals surface area contributed by atoms with Crippen molar-refractivity contribution in [2.24, 2.45) is 5.92 Å². The number of para-hydroxylation sites is 1. The number of rotatable bonds is 6. The van der Waals surface area contributed by atoms with Crippen LogP contribution >= 0.6 is 11.3 Å². The fourth-order valence-electron chi connectivity index (χ4n) is 2.16. The molecule has 0 spiro atoms. The van der Waals surface area contributed by atoms with E-state index in [1.165, 1.54) is 19.4 Å². The van der Waals surface area contributed by atoms with Gasteiger partial charge in [0, 0.05) is 24.2 Å². The van der Waals surface area contributed by atoms with Gasteiger partial charge in [-0.25, -0.2) is 4.98 Å². The minimum Gasteiger partial charge on any atom is -0.332 e. The van der Waals surface area contributed by atoms with Crippen LogP contribution in [0.1, 0.15) is 18.5 Å². The number of thiazole rings is 1. The van der Waals surface area contributed by atoms with Crippen molar-refractivity contribution in [2.45, 2.75) is 19.4 Å². The van der Waals surface area contributed by atoms with Crippen LogP contribution in [-0.4, -0.2) is 23.5 Å². The number of hydrogen-bond donors (Lipinski definition) is 1. The summed E-state index contributed by atoms with van der Waals surface area (Å²) in [6.45, 7) is 2.16. The van der Waals surface area contributed by atoms with Crippen molar-refractivity contribution >= 4 is 22.2 Å². The standard InChI is InChI=1S/C15H19N3S/c1-18(9-12-7-8-12)10-14-11-19-15(17-14)16-13-5-3-2-4-6-13/h2-6,11-12H,7-10H2,1H3,(H,16,17). The molecule has 19 heavy (non-hydrogen) atoms. The van der Waals surface area contributed by atoms with Crippen LogP contribution in [0.3, 0.4) is 0 Å². The largest absolute Gasteiger partial charge is 0.332 e. The van der Waals surface area contributed by atoms with E-state index in [-0.39, 0.29) is 0 Å². The van der Waals surface area contributed by atoms with Crippen molar-refractivity contribution < 1.29 is 0 Å². The second kappa shape index (κ2) is 5.72. The lowest BCUT2D eigenvalue weighted by Gasteiger charge is -2.14. The average molecular weight is 273 g/mol. The highest BCUT2D eigenvalue weighted by Gasteiger charge is 2.22. The van der Waals surface area contributed by atoms with Gasteiger partial charge in [0.05, 0.1) is 5.69 Å². The molecule has 0 atom stereocenters. The predicted molar refractivity (Wildman–Crippen MR) is 80.9 cm³/mol. The summed E-state index contributed by atoms with van der Waals surface area (Å²) in [5.41, 5.74) is 2.25. The van der Waals surface area contributed by atoms with E-state index >= 15 is 0 Å². The molecule has 1 N–H and O–H groups in total. The third-order valence-electron chi connectivity index (χ3n) is 3.28. The molecule has 1 aromatic carbocycles. The second-order valence-corrected chi connectivity index (χ2v) is 6.13. The summed E-state index contributed by atoms with van der Waals surface area (Å²) in [5.74, 6) is 0.936. The summed E-state index contributed by atoms with van der Waals surface area (Å²) in [6, 6.07) is 10.2. The van der Waals surface area contributed by atoms with Gasteiger partial charge >= 0.3 is 0 Å². The Morgan fingerprint density at radius 3 is 2.84 bits per heavy atom. The van der Waals surface area contributed by atoms with E-state index in [2.05, 4.69) is 39.8 Å². The summed E-state index contributed by atoms with van der Waals surface area (Å²) >= 11 is 1.67. The SMILES string of the molecule is CN(Cc1csc(Nc2ccccc2)n1)CC1CC1. The van der Waals surface area contributed by atoms with Gasteiger partial charge in [-0.1, -0.05) is 18.2 Å². The number of aromatic nitrogens is 1. The first-order valence-corrected chi connectivity index (χ1v) is 7.62. The van der Waals surface area contributed by atoms with Crippen molar-refractivity contribution in [3.05, 3.63) is 41.4 Å². The summed E-state index contributed by atoms with van der Waals surface area (Å²) in [6.07, 6.45) is 2.81. The van der Waals surface area contributed by atoms with E-state index in [0.717, 1.165) is 29.0 Å². The maximum absolute atomic E-state index is 4.64. The third kappa shape index (κ3) is 3.78. The van der Waals surface area contributed by atoms with Gasteiger partial charge < -0.3 is 10.2 Å². The summed E-state index contributed by atoms with van der Waals surface area (Å²) in [7, 11) is 2.18. The number of hydrogen-bond acceptors (Lipinski definition) is 4. The van der Waals surface area contributed by atoms with Crippen LogP contribution in [0.25, 0.3) is 0 Å². The zero-order valence-corrected chi connectivity index (χ0v) is 12.0. The smallest absolute Gasteiger partial charge is 0.187 e. The Morgan fingerprint density at radius 2 is 2.11 bits per heavy atom. The fourth-order valence-corrected chi connectivity index (χ4v) is 2.89.